The van der Waals surface area contributed by atoms with Crippen LogP contribution in [0.5, 0.6) is 0 Å². The van der Waals surface area contributed by atoms with Crippen LogP contribution in [0.4, 0.5) is 0 Å². The van der Waals surface area contributed by atoms with Gasteiger partial charge in [-0.2, -0.15) is 4.31 Å². The third-order valence-corrected chi connectivity index (χ3v) is 8.06. The zero-order chi connectivity index (χ0) is 21.1. The van der Waals surface area contributed by atoms with Gasteiger partial charge in [0, 0.05) is 37.8 Å². The van der Waals surface area contributed by atoms with E-state index < -0.39 is 10.0 Å². The summed E-state index contributed by atoms with van der Waals surface area (Å²) in [5.41, 5.74) is 1.57. The predicted octanol–water partition coefficient (Wildman–Crippen LogP) is 2.83. The summed E-state index contributed by atoms with van der Waals surface area (Å²) in [5.74, 6) is 0.138. The van der Waals surface area contributed by atoms with E-state index in [1.165, 1.54) is 22.1 Å². The van der Waals surface area contributed by atoms with Crippen LogP contribution in [0, 0.1) is 0 Å². The molecular formula is C22H29N3O4S. The molecule has 162 valence electrons. The molecule has 0 saturated carbocycles. The molecule has 0 unspecified atom stereocenters. The van der Waals surface area contributed by atoms with E-state index in [0.717, 1.165) is 19.3 Å². The Balaban J connectivity index is 1.54. The molecule has 2 aromatic rings. The molecular weight excluding hydrogens is 402 g/mol. The van der Waals surface area contributed by atoms with Crippen molar-refractivity contribution in [3.63, 3.8) is 0 Å². The first kappa shape index (κ1) is 21.1. The Morgan fingerprint density at radius 3 is 2.63 bits per heavy atom. The number of aromatic nitrogens is 1. The van der Waals surface area contributed by atoms with E-state index in [-0.39, 0.29) is 22.8 Å². The molecule has 1 amide bonds. The van der Waals surface area contributed by atoms with Gasteiger partial charge in [-0.05, 0) is 30.9 Å². The van der Waals surface area contributed by atoms with Gasteiger partial charge in [-0.15, -0.1) is 0 Å². The van der Waals surface area contributed by atoms with Gasteiger partial charge < -0.3 is 14.6 Å². The lowest BCUT2D eigenvalue weighted by molar-refractivity contribution is 0.0709. The number of morpholine rings is 1. The van der Waals surface area contributed by atoms with E-state index in [9.17, 15) is 13.2 Å². The van der Waals surface area contributed by atoms with Crippen molar-refractivity contribution in [1.29, 1.82) is 0 Å². The number of aromatic amines is 1. The van der Waals surface area contributed by atoms with Gasteiger partial charge in [-0.25, -0.2) is 8.42 Å². The van der Waals surface area contributed by atoms with Gasteiger partial charge in [0.15, 0.2) is 0 Å². The topological polar surface area (TPSA) is 82.7 Å². The van der Waals surface area contributed by atoms with Crippen molar-refractivity contribution in [2.45, 2.75) is 43.0 Å². The van der Waals surface area contributed by atoms with Gasteiger partial charge in [-0.1, -0.05) is 37.3 Å². The number of rotatable bonds is 6. The highest BCUT2D eigenvalue weighted by Crippen LogP contribution is 2.34. The number of ether oxygens (including phenoxy) is 1. The SMILES string of the molecule is CC[C@H](c1ccccc1)[C@@H]1CCCN1C(=O)c1cc(S(=O)(=O)N2CCOCC2)c[nH]1. The van der Waals surface area contributed by atoms with Crippen molar-refractivity contribution >= 4 is 15.9 Å². The molecule has 8 heteroatoms. The number of H-pyrrole nitrogens is 1. The highest BCUT2D eigenvalue weighted by atomic mass is 32.2. The number of carbonyl (C=O) groups excluding carboxylic acids is 1. The predicted molar refractivity (Wildman–Crippen MR) is 114 cm³/mol. The Bertz CT molecular complexity index is 967. The second kappa shape index (κ2) is 8.91. The van der Waals surface area contributed by atoms with Crippen molar-refractivity contribution < 1.29 is 17.9 Å². The third-order valence-electron chi connectivity index (χ3n) is 6.19. The monoisotopic (exact) mass is 431 g/mol. The standard InChI is InChI=1S/C22H29N3O4S/c1-2-19(17-7-4-3-5-8-17)21-9-6-10-25(21)22(26)20-15-18(16-23-20)30(27,28)24-11-13-29-14-12-24/h3-5,7-8,15-16,19,21,23H,2,6,9-14H2,1H3/t19-,21+/m1/s1. The number of hydrogen-bond acceptors (Lipinski definition) is 4. The molecule has 2 saturated heterocycles. The van der Waals surface area contributed by atoms with Crippen LogP contribution in [0.2, 0.25) is 0 Å². The molecule has 3 heterocycles. The Labute approximate surface area is 178 Å². The fourth-order valence-electron chi connectivity index (χ4n) is 4.63. The van der Waals surface area contributed by atoms with Crippen LogP contribution >= 0.6 is 0 Å². The summed E-state index contributed by atoms with van der Waals surface area (Å²) in [4.78, 5) is 18.3. The summed E-state index contributed by atoms with van der Waals surface area (Å²) >= 11 is 0. The molecule has 1 aromatic heterocycles. The minimum atomic E-state index is -3.62. The summed E-state index contributed by atoms with van der Waals surface area (Å²) in [6.45, 7) is 4.30. The molecule has 2 fully saturated rings. The van der Waals surface area contributed by atoms with Crippen LogP contribution in [0.25, 0.3) is 0 Å². The van der Waals surface area contributed by atoms with Gasteiger partial charge in [0.2, 0.25) is 10.0 Å². The number of amides is 1. The van der Waals surface area contributed by atoms with Crippen molar-refractivity contribution in [2.75, 3.05) is 32.8 Å². The molecule has 1 N–H and O–H groups in total. The van der Waals surface area contributed by atoms with Gasteiger partial charge in [0.25, 0.3) is 5.91 Å². The smallest absolute Gasteiger partial charge is 0.270 e. The number of carbonyl (C=O) groups is 1. The van der Waals surface area contributed by atoms with Crippen LogP contribution in [-0.4, -0.2) is 67.4 Å². The maximum atomic E-state index is 13.3. The normalized spacial score (nSPS) is 21.6. The van der Waals surface area contributed by atoms with Crippen molar-refractivity contribution in [3.05, 3.63) is 53.9 Å². The van der Waals surface area contributed by atoms with Gasteiger partial charge >= 0.3 is 0 Å². The number of benzene rings is 1. The quantitative estimate of drug-likeness (QED) is 0.762. The van der Waals surface area contributed by atoms with Crippen LogP contribution in [0.1, 0.15) is 48.2 Å². The van der Waals surface area contributed by atoms with Crippen LogP contribution in [0.3, 0.4) is 0 Å². The van der Waals surface area contributed by atoms with Gasteiger partial charge in [0.1, 0.15) is 10.6 Å². The fraction of sp³-hybridized carbons (Fsp3) is 0.500. The highest BCUT2D eigenvalue weighted by Gasteiger charge is 2.36. The zero-order valence-electron chi connectivity index (χ0n) is 17.3. The first-order chi connectivity index (χ1) is 14.5. The van der Waals surface area contributed by atoms with Gasteiger partial charge in [0.05, 0.1) is 13.2 Å². The van der Waals surface area contributed by atoms with Crippen LogP contribution in [0.15, 0.2) is 47.5 Å². The van der Waals surface area contributed by atoms with Gasteiger partial charge in [-0.3, -0.25) is 4.79 Å². The molecule has 0 bridgehead atoms. The largest absolute Gasteiger partial charge is 0.379 e. The average Bonchev–Trinajstić information content (AvgIpc) is 3.46. The Kier molecular flexibility index (Phi) is 6.26. The Morgan fingerprint density at radius 2 is 1.93 bits per heavy atom. The zero-order valence-corrected chi connectivity index (χ0v) is 18.1. The summed E-state index contributed by atoms with van der Waals surface area (Å²) in [5, 5.41) is 0. The molecule has 1 aromatic carbocycles. The Hall–Kier alpha value is -2.16. The lowest BCUT2D eigenvalue weighted by Crippen LogP contribution is -2.40. The molecule has 30 heavy (non-hydrogen) atoms. The van der Waals surface area contributed by atoms with E-state index in [2.05, 4.69) is 24.0 Å². The molecule has 7 nitrogen and oxygen atoms in total. The number of likely N-dealkylation sites (tertiary alicyclic amines) is 1. The summed E-state index contributed by atoms with van der Waals surface area (Å²) in [6, 6.07) is 11.9. The van der Waals surface area contributed by atoms with Crippen LogP contribution < -0.4 is 0 Å². The fourth-order valence-corrected chi connectivity index (χ4v) is 6.03. The summed E-state index contributed by atoms with van der Waals surface area (Å²) in [6.07, 6.45) is 4.29. The van der Waals surface area contributed by atoms with Crippen molar-refractivity contribution in [2.24, 2.45) is 0 Å². The summed E-state index contributed by atoms with van der Waals surface area (Å²) in [7, 11) is -3.62. The molecule has 2 aliphatic heterocycles. The lowest BCUT2D eigenvalue weighted by atomic mass is 9.87. The van der Waals surface area contributed by atoms with Crippen molar-refractivity contribution in [3.8, 4) is 0 Å². The molecule has 2 atom stereocenters. The van der Waals surface area contributed by atoms with E-state index in [1.807, 2.05) is 23.1 Å². The molecule has 0 spiro atoms. The first-order valence-electron chi connectivity index (χ1n) is 10.6. The molecule has 2 aliphatic rings. The third kappa shape index (κ3) is 4.04. The molecule has 0 radical (unpaired) electrons. The molecule has 0 aliphatic carbocycles. The van der Waals surface area contributed by atoms with E-state index in [4.69, 9.17) is 4.74 Å². The Morgan fingerprint density at radius 1 is 1.20 bits per heavy atom. The lowest BCUT2D eigenvalue weighted by Gasteiger charge is -2.31. The maximum Gasteiger partial charge on any atom is 0.270 e. The van der Waals surface area contributed by atoms with Crippen LogP contribution in [-0.2, 0) is 14.8 Å². The minimum Gasteiger partial charge on any atom is -0.379 e. The average molecular weight is 432 g/mol. The second-order valence-corrected chi connectivity index (χ2v) is 9.84. The van der Waals surface area contributed by atoms with E-state index in [0.29, 0.717) is 38.5 Å². The number of sulfonamides is 1. The number of nitrogens with one attached hydrogen (secondary N) is 1. The van der Waals surface area contributed by atoms with E-state index >= 15 is 0 Å². The van der Waals surface area contributed by atoms with E-state index in [1.54, 1.807) is 0 Å². The minimum absolute atomic E-state index is 0.118. The number of nitrogens with zero attached hydrogens (tertiary/aromatic N) is 2. The summed E-state index contributed by atoms with van der Waals surface area (Å²) < 4.78 is 32.4. The highest BCUT2D eigenvalue weighted by molar-refractivity contribution is 7.89. The molecule has 4 rings (SSSR count). The second-order valence-electron chi connectivity index (χ2n) is 7.90. The first-order valence-corrected chi connectivity index (χ1v) is 12.1. The number of hydrogen-bond donors (Lipinski definition) is 1. The maximum absolute atomic E-state index is 13.3. The van der Waals surface area contributed by atoms with Crippen molar-refractivity contribution in [1.82, 2.24) is 14.2 Å².